The first-order chi connectivity index (χ1) is 11.3. The number of hydrogen-bond acceptors (Lipinski definition) is 4. The average molecular weight is 337 g/mol. The zero-order valence-corrected chi connectivity index (χ0v) is 16.9. The lowest BCUT2D eigenvalue weighted by Crippen LogP contribution is -2.54. The van der Waals surface area contributed by atoms with Gasteiger partial charge in [-0.25, -0.2) is 0 Å². The Morgan fingerprint density at radius 2 is 1.67 bits per heavy atom. The van der Waals surface area contributed by atoms with Gasteiger partial charge in [-0.2, -0.15) is 0 Å². The molecule has 0 bridgehead atoms. The Labute approximate surface area is 150 Å². The summed E-state index contributed by atoms with van der Waals surface area (Å²) < 4.78 is 0. The van der Waals surface area contributed by atoms with Crippen LogP contribution in [0.1, 0.15) is 51.3 Å². The lowest BCUT2D eigenvalue weighted by molar-refractivity contribution is 0.147. The third-order valence-corrected chi connectivity index (χ3v) is 5.13. The standard InChI is InChI=1S/C11H17N.C9H23N3/c1-3-9-6-5-7-10(8-12)11(9)4-2;1-8(11-7-6-10)9(2,3)12(4)5/h5-7H,3-4,8,12H2,1-2H3;8,11H,6-7,10H2,1-5H3. The Balaban J connectivity index is 0.000000441. The Hall–Kier alpha value is -0.940. The molecule has 1 unspecified atom stereocenters. The van der Waals surface area contributed by atoms with Crippen LogP contribution in [0.15, 0.2) is 18.2 Å². The Bertz CT molecular complexity index is 433. The highest BCUT2D eigenvalue weighted by atomic mass is 15.2. The molecule has 0 fully saturated rings. The van der Waals surface area contributed by atoms with Crippen molar-refractivity contribution in [2.75, 3.05) is 27.2 Å². The van der Waals surface area contributed by atoms with E-state index in [0.29, 0.717) is 19.1 Å². The molecular formula is C20H40N4. The van der Waals surface area contributed by atoms with Crippen LogP contribution in [0.4, 0.5) is 0 Å². The molecule has 4 heteroatoms. The van der Waals surface area contributed by atoms with E-state index in [1.807, 2.05) is 0 Å². The van der Waals surface area contributed by atoms with Gasteiger partial charge >= 0.3 is 0 Å². The summed E-state index contributed by atoms with van der Waals surface area (Å²) in [5.41, 5.74) is 15.4. The second-order valence-corrected chi connectivity index (χ2v) is 6.98. The van der Waals surface area contributed by atoms with Crippen molar-refractivity contribution in [3.05, 3.63) is 34.9 Å². The molecule has 1 rings (SSSR count). The number of rotatable bonds is 8. The first-order valence-corrected chi connectivity index (χ1v) is 9.16. The molecule has 5 N–H and O–H groups in total. The van der Waals surface area contributed by atoms with Gasteiger partial charge in [0.2, 0.25) is 0 Å². The van der Waals surface area contributed by atoms with E-state index < -0.39 is 0 Å². The van der Waals surface area contributed by atoms with Crippen molar-refractivity contribution in [3.8, 4) is 0 Å². The summed E-state index contributed by atoms with van der Waals surface area (Å²) in [4.78, 5) is 2.22. The third-order valence-electron chi connectivity index (χ3n) is 5.13. The smallest absolute Gasteiger partial charge is 0.0297 e. The van der Waals surface area contributed by atoms with E-state index in [4.69, 9.17) is 11.5 Å². The van der Waals surface area contributed by atoms with Gasteiger partial charge < -0.3 is 21.7 Å². The number of likely N-dealkylation sites (N-methyl/N-ethyl adjacent to an activating group) is 1. The predicted molar refractivity (Wildman–Crippen MR) is 107 cm³/mol. The van der Waals surface area contributed by atoms with Crippen LogP contribution in [0.25, 0.3) is 0 Å². The molecular weight excluding hydrogens is 296 g/mol. The molecule has 0 aliphatic carbocycles. The van der Waals surface area contributed by atoms with E-state index in [-0.39, 0.29) is 5.54 Å². The molecule has 1 atom stereocenters. The molecule has 24 heavy (non-hydrogen) atoms. The Morgan fingerprint density at radius 1 is 1.08 bits per heavy atom. The number of nitrogens with two attached hydrogens (primary N) is 2. The summed E-state index contributed by atoms with van der Waals surface area (Å²) in [7, 11) is 4.20. The fourth-order valence-corrected chi connectivity index (χ4v) is 2.60. The normalized spacial score (nSPS) is 12.8. The van der Waals surface area contributed by atoms with E-state index in [1.54, 1.807) is 0 Å². The monoisotopic (exact) mass is 336 g/mol. The first kappa shape index (κ1) is 23.1. The molecule has 0 aliphatic heterocycles. The molecule has 0 aliphatic rings. The van der Waals surface area contributed by atoms with Gasteiger partial charge in [0.25, 0.3) is 0 Å². The van der Waals surface area contributed by atoms with Crippen LogP contribution < -0.4 is 16.8 Å². The summed E-state index contributed by atoms with van der Waals surface area (Å²) in [5.74, 6) is 0. The zero-order valence-electron chi connectivity index (χ0n) is 16.9. The van der Waals surface area contributed by atoms with E-state index in [9.17, 15) is 0 Å². The van der Waals surface area contributed by atoms with Gasteiger partial charge in [0.1, 0.15) is 0 Å². The Kier molecular flexibility index (Phi) is 11.1. The van der Waals surface area contributed by atoms with Crippen LogP contribution >= 0.6 is 0 Å². The van der Waals surface area contributed by atoms with E-state index in [2.05, 4.69) is 77.1 Å². The number of nitrogens with zero attached hydrogens (tertiary/aromatic N) is 1. The highest BCUT2D eigenvalue weighted by molar-refractivity contribution is 5.35. The SMILES string of the molecule is CC(NCCN)C(C)(C)N(C)C.CCc1cccc(CN)c1CC. The van der Waals surface area contributed by atoms with E-state index >= 15 is 0 Å². The average Bonchev–Trinajstić information content (AvgIpc) is 2.58. The minimum Gasteiger partial charge on any atom is -0.329 e. The topological polar surface area (TPSA) is 67.3 Å². The maximum absolute atomic E-state index is 5.65. The number of aryl methyl sites for hydroxylation is 1. The van der Waals surface area contributed by atoms with Gasteiger partial charge in [-0.1, -0.05) is 32.0 Å². The fraction of sp³-hybridized carbons (Fsp3) is 0.700. The molecule has 1 aromatic rings. The van der Waals surface area contributed by atoms with Gasteiger partial charge in [0, 0.05) is 31.2 Å². The van der Waals surface area contributed by atoms with Crippen LogP contribution in [0.2, 0.25) is 0 Å². The highest BCUT2D eigenvalue weighted by Crippen LogP contribution is 2.16. The van der Waals surface area contributed by atoms with Crippen molar-refractivity contribution < 1.29 is 0 Å². The number of benzene rings is 1. The van der Waals surface area contributed by atoms with Crippen LogP contribution in [0.5, 0.6) is 0 Å². The van der Waals surface area contributed by atoms with Crippen LogP contribution in [0.3, 0.4) is 0 Å². The van der Waals surface area contributed by atoms with Crippen molar-refractivity contribution in [1.29, 1.82) is 0 Å². The molecule has 0 amide bonds. The molecule has 0 aromatic heterocycles. The summed E-state index contributed by atoms with van der Waals surface area (Å²) in [6.07, 6.45) is 2.20. The molecule has 0 radical (unpaired) electrons. The minimum atomic E-state index is 0.176. The summed E-state index contributed by atoms with van der Waals surface area (Å²) in [6, 6.07) is 6.87. The van der Waals surface area contributed by atoms with Gasteiger partial charge in [0.05, 0.1) is 0 Å². The summed E-state index contributed by atoms with van der Waals surface area (Å²) in [6.45, 7) is 13.3. The van der Waals surface area contributed by atoms with Crippen molar-refractivity contribution in [2.45, 2.75) is 65.6 Å². The third kappa shape index (κ3) is 6.89. The second kappa shape index (κ2) is 11.6. The van der Waals surface area contributed by atoms with Gasteiger partial charge in [-0.3, -0.25) is 0 Å². The lowest BCUT2D eigenvalue weighted by Gasteiger charge is -2.38. The number of nitrogens with one attached hydrogen (secondary N) is 1. The van der Waals surface area contributed by atoms with Crippen molar-refractivity contribution in [3.63, 3.8) is 0 Å². The molecule has 4 nitrogen and oxygen atoms in total. The highest BCUT2D eigenvalue weighted by Gasteiger charge is 2.27. The van der Waals surface area contributed by atoms with Crippen molar-refractivity contribution >= 4 is 0 Å². The number of hydrogen-bond donors (Lipinski definition) is 3. The molecule has 1 aromatic carbocycles. The van der Waals surface area contributed by atoms with E-state index in [0.717, 1.165) is 19.4 Å². The fourth-order valence-electron chi connectivity index (χ4n) is 2.60. The van der Waals surface area contributed by atoms with Crippen LogP contribution in [-0.4, -0.2) is 43.7 Å². The van der Waals surface area contributed by atoms with Gasteiger partial charge in [0.15, 0.2) is 0 Å². The molecule has 0 heterocycles. The first-order valence-electron chi connectivity index (χ1n) is 9.16. The largest absolute Gasteiger partial charge is 0.329 e. The van der Waals surface area contributed by atoms with Crippen molar-refractivity contribution in [2.24, 2.45) is 11.5 Å². The maximum Gasteiger partial charge on any atom is 0.0297 e. The van der Waals surface area contributed by atoms with Crippen LogP contribution in [-0.2, 0) is 19.4 Å². The van der Waals surface area contributed by atoms with Crippen molar-refractivity contribution in [1.82, 2.24) is 10.2 Å². The van der Waals surface area contributed by atoms with Gasteiger partial charge in [-0.05, 0) is 64.4 Å². The summed E-state index contributed by atoms with van der Waals surface area (Å²) in [5, 5.41) is 3.39. The zero-order chi connectivity index (χ0) is 18.8. The lowest BCUT2D eigenvalue weighted by atomic mass is 9.95. The molecule has 0 spiro atoms. The Morgan fingerprint density at radius 3 is 2.08 bits per heavy atom. The summed E-state index contributed by atoms with van der Waals surface area (Å²) >= 11 is 0. The molecule has 0 saturated carbocycles. The predicted octanol–water partition coefficient (Wildman–Crippen LogP) is 2.53. The minimum absolute atomic E-state index is 0.176. The van der Waals surface area contributed by atoms with E-state index in [1.165, 1.54) is 16.7 Å². The second-order valence-electron chi connectivity index (χ2n) is 6.98. The van der Waals surface area contributed by atoms with Gasteiger partial charge in [-0.15, -0.1) is 0 Å². The quantitative estimate of drug-likeness (QED) is 0.682. The molecule has 140 valence electrons. The maximum atomic E-state index is 5.65. The molecule has 0 saturated heterocycles. The van der Waals surface area contributed by atoms with Crippen LogP contribution in [0, 0.1) is 0 Å².